The maximum Gasteiger partial charge on any atom is 0.418 e. The summed E-state index contributed by atoms with van der Waals surface area (Å²) in [5.74, 6) is 1.12. The molecule has 10 heteroatoms. The van der Waals surface area contributed by atoms with Gasteiger partial charge in [-0.05, 0) is 92.5 Å². The molecule has 0 spiro atoms. The second kappa shape index (κ2) is 15.0. The van der Waals surface area contributed by atoms with Gasteiger partial charge in [0.25, 0.3) is 5.91 Å². The summed E-state index contributed by atoms with van der Waals surface area (Å²) in [6.07, 6.45) is 0.800. The van der Waals surface area contributed by atoms with E-state index in [9.17, 15) is 9.59 Å². The van der Waals surface area contributed by atoms with Crippen LogP contribution >= 0.6 is 0 Å². The number of nitrogens with one attached hydrogen (secondary N) is 3. The molecule has 10 nitrogen and oxygen atoms in total. The molecule has 0 aliphatic rings. The maximum atomic E-state index is 13.0. The number of anilines is 3. The topological polar surface area (TPSA) is 118 Å². The van der Waals surface area contributed by atoms with Gasteiger partial charge in [-0.25, -0.2) is 9.78 Å². The molecule has 0 aliphatic carbocycles. The average Bonchev–Trinajstić information content (AvgIpc) is 3.03. The van der Waals surface area contributed by atoms with Crippen LogP contribution in [-0.2, 0) is 0 Å². The second-order valence-corrected chi connectivity index (χ2v) is 10.3. The molecular formula is C34H40N6O4. The van der Waals surface area contributed by atoms with Gasteiger partial charge in [-0.15, -0.1) is 0 Å². The van der Waals surface area contributed by atoms with E-state index in [1.54, 1.807) is 36.4 Å². The van der Waals surface area contributed by atoms with Gasteiger partial charge >= 0.3 is 6.09 Å². The molecule has 4 aromatic rings. The Bertz CT molecular complexity index is 1600. The molecule has 0 bridgehead atoms. The van der Waals surface area contributed by atoms with Crippen molar-refractivity contribution in [1.29, 1.82) is 0 Å². The van der Waals surface area contributed by atoms with Crippen LogP contribution in [0.5, 0.6) is 11.5 Å². The van der Waals surface area contributed by atoms with E-state index >= 15 is 0 Å². The Morgan fingerprint density at radius 1 is 0.886 bits per heavy atom. The molecule has 0 saturated heterocycles. The Kier molecular flexibility index (Phi) is 10.9. The van der Waals surface area contributed by atoms with E-state index in [2.05, 4.69) is 58.5 Å². The third-order valence-electron chi connectivity index (χ3n) is 7.64. The highest BCUT2D eigenvalue weighted by atomic mass is 16.6. The molecule has 44 heavy (non-hydrogen) atoms. The molecule has 0 saturated carbocycles. The van der Waals surface area contributed by atoms with Crippen LogP contribution in [0, 0.1) is 20.8 Å². The largest absolute Gasteiger partial charge is 0.493 e. The molecule has 0 fully saturated rings. The fraction of sp³-hybridized carbons (Fsp3) is 0.294. The fourth-order valence-electron chi connectivity index (χ4n) is 4.76. The van der Waals surface area contributed by atoms with Crippen molar-refractivity contribution in [3.63, 3.8) is 0 Å². The van der Waals surface area contributed by atoms with E-state index in [1.807, 2.05) is 31.2 Å². The Balaban J connectivity index is 1.42. The van der Waals surface area contributed by atoms with Crippen molar-refractivity contribution in [3.05, 3.63) is 89.1 Å². The summed E-state index contributed by atoms with van der Waals surface area (Å²) in [6.45, 7) is 13.7. The summed E-state index contributed by atoms with van der Waals surface area (Å²) in [5.41, 5.74) is 6.39. The van der Waals surface area contributed by atoms with Crippen LogP contribution in [0.15, 0.2) is 66.9 Å². The first-order valence-corrected chi connectivity index (χ1v) is 14.7. The zero-order valence-corrected chi connectivity index (χ0v) is 26.2. The monoisotopic (exact) mass is 596 g/mol. The number of aryl methyl sites for hydroxylation is 1. The van der Waals surface area contributed by atoms with Crippen LogP contribution in [0.4, 0.5) is 22.2 Å². The second-order valence-electron chi connectivity index (χ2n) is 10.3. The zero-order valence-electron chi connectivity index (χ0n) is 26.2. The van der Waals surface area contributed by atoms with Gasteiger partial charge in [-0.1, -0.05) is 38.1 Å². The quantitative estimate of drug-likeness (QED) is 0.170. The molecule has 4 rings (SSSR count). The number of carbonyl (C=O) groups is 2. The number of rotatable bonds is 12. The van der Waals surface area contributed by atoms with Crippen LogP contribution in [0.1, 0.15) is 40.9 Å². The number of nitrogens with zero attached hydrogens (tertiary/aromatic N) is 3. The summed E-state index contributed by atoms with van der Waals surface area (Å²) in [7, 11) is 1.53. The van der Waals surface area contributed by atoms with E-state index < -0.39 is 6.09 Å². The van der Waals surface area contributed by atoms with Gasteiger partial charge < -0.3 is 25.0 Å². The van der Waals surface area contributed by atoms with Crippen molar-refractivity contribution in [1.82, 2.24) is 20.2 Å². The van der Waals surface area contributed by atoms with E-state index in [-0.39, 0.29) is 17.7 Å². The lowest BCUT2D eigenvalue weighted by molar-refractivity contribution is 0.0949. The molecule has 0 unspecified atom stereocenters. The lowest BCUT2D eigenvalue weighted by Gasteiger charge is -2.18. The smallest absolute Gasteiger partial charge is 0.418 e. The molecule has 2 amide bonds. The van der Waals surface area contributed by atoms with Crippen LogP contribution in [0.2, 0.25) is 0 Å². The molecule has 0 aliphatic heterocycles. The summed E-state index contributed by atoms with van der Waals surface area (Å²) in [4.78, 5) is 36.4. The summed E-state index contributed by atoms with van der Waals surface area (Å²) in [6, 6.07) is 18.2. The molecule has 0 radical (unpaired) electrons. The number of para-hydroxylation sites is 1. The predicted molar refractivity (Wildman–Crippen MR) is 174 cm³/mol. The standard InChI is InChI=1S/C34H40N6O4/c1-7-40(8-2)21-20-35-32(41)25-13-15-26(16-14-25)37-33-36-19-18-30(38-33)39-34(42)44-31-28(10-9-11-29(31)43-6)27-17-12-22(3)23(4)24(27)5/h9-19H,7-8,20-21H2,1-6H3,(H,35,41)(H2,36,37,38,39,42). The number of carbonyl (C=O) groups excluding carboxylic acids is 2. The molecular weight excluding hydrogens is 556 g/mol. The first-order chi connectivity index (χ1) is 21.2. The SMILES string of the molecule is CCN(CC)CCNC(=O)c1ccc(Nc2nccc(NC(=O)Oc3c(OC)cccc3-c3ccc(C)c(C)c3C)n2)cc1. The maximum absolute atomic E-state index is 13.0. The van der Waals surface area contributed by atoms with Crippen molar-refractivity contribution >= 4 is 29.5 Å². The third kappa shape index (κ3) is 7.90. The number of ether oxygens (including phenoxy) is 2. The van der Waals surface area contributed by atoms with Gasteiger partial charge in [-0.2, -0.15) is 4.98 Å². The number of amides is 2. The highest BCUT2D eigenvalue weighted by Crippen LogP contribution is 2.40. The van der Waals surface area contributed by atoms with Crippen molar-refractivity contribution in [2.75, 3.05) is 43.9 Å². The van der Waals surface area contributed by atoms with Gasteiger partial charge in [0.15, 0.2) is 11.5 Å². The number of hydrogen-bond donors (Lipinski definition) is 3. The van der Waals surface area contributed by atoms with Crippen molar-refractivity contribution < 1.29 is 19.1 Å². The van der Waals surface area contributed by atoms with Crippen LogP contribution in [0.25, 0.3) is 11.1 Å². The zero-order chi connectivity index (χ0) is 31.6. The summed E-state index contributed by atoms with van der Waals surface area (Å²) in [5, 5.41) is 8.73. The Hall–Kier alpha value is -4.96. The van der Waals surface area contributed by atoms with Gasteiger partial charge in [0, 0.05) is 36.1 Å². The lowest BCUT2D eigenvalue weighted by atomic mass is 9.93. The van der Waals surface area contributed by atoms with Crippen molar-refractivity contribution in [3.8, 4) is 22.6 Å². The third-order valence-corrected chi connectivity index (χ3v) is 7.64. The van der Waals surface area contributed by atoms with E-state index in [0.717, 1.165) is 36.3 Å². The van der Waals surface area contributed by atoms with E-state index in [4.69, 9.17) is 9.47 Å². The Morgan fingerprint density at radius 2 is 1.64 bits per heavy atom. The minimum absolute atomic E-state index is 0.129. The fourth-order valence-corrected chi connectivity index (χ4v) is 4.76. The summed E-state index contributed by atoms with van der Waals surface area (Å²) < 4.78 is 11.3. The predicted octanol–water partition coefficient (Wildman–Crippen LogP) is 6.50. The number of methoxy groups -OCH3 is 1. The van der Waals surface area contributed by atoms with Gasteiger partial charge in [0.1, 0.15) is 5.82 Å². The highest BCUT2D eigenvalue weighted by molar-refractivity contribution is 5.94. The van der Waals surface area contributed by atoms with Gasteiger partial charge in [0.2, 0.25) is 5.95 Å². The average molecular weight is 597 g/mol. The molecule has 1 heterocycles. The number of hydrogen-bond acceptors (Lipinski definition) is 8. The van der Waals surface area contributed by atoms with Crippen molar-refractivity contribution in [2.45, 2.75) is 34.6 Å². The Labute approximate surface area is 258 Å². The van der Waals surface area contributed by atoms with Gasteiger partial charge in [-0.3, -0.25) is 10.1 Å². The number of aromatic nitrogens is 2. The van der Waals surface area contributed by atoms with E-state index in [1.165, 1.54) is 24.4 Å². The van der Waals surface area contributed by atoms with Crippen LogP contribution < -0.4 is 25.4 Å². The van der Waals surface area contributed by atoms with E-state index in [0.29, 0.717) is 29.3 Å². The minimum atomic E-state index is -0.724. The normalized spacial score (nSPS) is 10.8. The molecule has 3 N–H and O–H groups in total. The minimum Gasteiger partial charge on any atom is -0.493 e. The van der Waals surface area contributed by atoms with Crippen molar-refractivity contribution in [2.24, 2.45) is 0 Å². The molecule has 0 atom stereocenters. The molecule has 3 aromatic carbocycles. The van der Waals surface area contributed by atoms with Crippen LogP contribution in [0.3, 0.4) is 0 Å². The highest BCUT2D eigenvalue weighted by Gasteiger charge is 2.19. The number of benzene rings is 3. The first-order valence-electron chi connectivity index (χ1n) is 14.7. The number of likely N-dealkylation sites (N-methyl/N-ethyl adjacent to an activating group) is 1. The van der Waals surface area contributed by atoms with Crippen LogP contribution in [-0.4, -0.2) is 60.2 Å². The molecule has 230 valence electrons. The molecule has 1 aromatic heterocycles. The Morgan fingerprint density at radius 3 is 2.34 bits per heavy atom. The first kappa shape index (κ1) is 32.0. The summed E-state index contributed by atoms with van der Waals surface area (Å²) >= 11 is 0. The van der Waals surface area contributed by atoms with Gasteiger partial charge in [0.05, 0.1) is 7.11 Å². The lowest BCUT2D eigenvalue weighted by Crippen LogP contribution is -2.34.